The summed E-state index contributed by atoms with van der Waals surface area (Å²) in [7, 11) is 0. The van der Waals surface area contributed by atoms with Crippen LogP contribution in [0.5, 0.6) is 0 Å². The number of esters is 1. The maximum atomic E-state index is 13.3. The van der Waals surface area contributed by atoms with Crippen molar-refractivity contribution >= 4 is 17.8 Å². The van der Waals surface area contributed by atoms with Gasteiger partial charge in [0.2, 0.25) is 11.8 Å². The summed E-state index contributed by atoms with van der Waals surface area (Å²) in [5, 5.41) is 14.5. The monoisotopic (exact) mass is 566 g/mol. The minimum Gasteiger partial charge on any atom is -0.463 e. The molecule has 3 N–H and O–H groups in total. The van der Waals surface area contributed by atoms with Crippen molar-refractivity contribution in [2.24, 2.45) is 11.8 Å². The topological polar surface area (TPSA) is 123 Å². The lowest BCUT2D eigenvalue weighted by Crippen LogP contribution is -2.46. The first-order chi connectivity index (χ1) is 20.0. The van der Waals surface area contributed by atoms with Crippen LogP contribution in [0, 0.1) is 11.8 Å². The van der Waals surface area contributed by atoms with Crippen LogP contribution < -0.4 is 10.6 Å². The Morgan fingerprint density at radius 1 is 0.951 bits per heavy atom. The summed E-state index contributed by atoms with van der Waals surface area (Å²) in [6, 6.07) is 19.0. The molecule has 0 saturated heterocycles. The van der Waals surface area contributed by atoms with E-state index in [9.17, 15) is 14.4 Å². The van der Waals surface area contributed by atoms with Crippen LogP contribution in [-0.4, -0.2) is 68.5 Å². The lowest BCUT2D eigenvalue weighted by atomic mass is 9.94. The second-order valence-electron chi connectivity index (χ2n) is 10.1. The first kappa shape index (κ1) is 32.0. The normalized spacial score (nSPS) is 20.2. The highest BCUT2D eigenvalue weighted by atomic mass is 16.5. The van der Waals surface area contributed by atoms with Crippen molar-refractivity contribution in [3.05, 3.63) is 83.9 Å². The SMILES string of the molecule is O=C(C[C@H]1CC=CCC[C@H](Cc2ccccc2)C(=O)OC[C@H](COCc2ccccc2)NC1=O)NCCOCCO. The van der Waals surface area contributed by atoms with E-state index >= 15 is 0 Å². The highest BCUT2D eigenvalue weighted by Gasteiger charge is 2.26. The Morgan fingerprint density at radius 3 is 2.41 bits per heavy atom. The largest absolute Gasteiger partial charge is 0.463 e. The van der Waals surface area contributed by atoms with E-state index in [-0.39, 0.29) is 69.7 Å². The number of hydrogen-bond acceptors (Lipinski definition) is 7. The molecule has 0 unspecified atom stereocenters. The fourth-order valence-corrected chi connectivity index (χ4v) is 4.53. The molecule has 3 rings (SSSR count). The van der Waals surface area contributed by atoms with E-state index < -0.39 is 12.0 Å². The number of cyclic esters (lactones) is 1. The van der Waals surface area contributed by atoms with Gasteiger partial charge in [-0.2, -0.15) is 0 Å². The Balaban J connectivity index is 1.67. The third-order valence-corrected chi connectivity index (χ3v) is 6.74. The van der Waals surface area contributed by atoms with Crippen LogP contribution in [0.25, 0.3) is 0 Å². The predicted octanol–water partition coefficient (Wildman–Crippen LogP) is 2.96. The van der Waals surface area contributed by atoms with Gasteiger partial charge in [0, 0.05) is 13.0 Å². The summed E-state index contributed by atoms with van der Waals surface area (Å²) in [4.78, 5) is 39.0. The summed E-state index contributed by atoms with van der Waals surface area (Å²) in [6.07, 6.45) is 6.09. The third kappa shape index (κ3) is 12.7. The maximum Gasteiger partial charge on any atom is 0.309 e. The van der Waals surface area contributed by atoms with E-state index in [0.717, 1.165) is 11.1 Å². The van der Waals surface area contributed by atoms with E-state index in [1.165, 1.54) is 0 Å². The number of carbonyl (C=O) groups excluding carboxylic acids is 3. The van der Waals surface area contributed by atoms with E-state index in [2.05, 4.69) is 10.6 Å². The van der Waals surface area contributed by atoms with Crippen molar-refractivity contribution in [3.8, 4) is 0 Å². The van der Waals surface area contributed by atoms with Crippen molar-refractivity contribution in [1.82, 2.24) is 10.6 Å². The van der Waals surface area contributed by atoms with Gasteiger partial charge < -0.3 is 30.0 Å². The lowest BCUT2D eigenvalue weighted by molar-refractivity contribution is -0.150. The van der Waals surface area contributed by atoms with Gasteiger partial charge in [0.1, 0.15) is 6.61 Å². The molecule has 2 aromatic carbocycles. The Kier molecular flexibility index (Phi) is 14.6. The summed E-state index contributed by atoms with van der Waals surface area (Å²) in [5.74, 6) is -1.78. The number of allylic oxidation sites excluding steroid dienone is 2. The zero-order valence-electron chi connectivity index (χ0n) is 23.5. The molecule has 0 radical (unpaired) electrons. The minimum atomic E-state index is -0.599. The predicted molar refractivity (Wildman–Crippen MR) is 155 cm³/mol. The highest BCUT2D eigenvalue weighted by molar-refractivity contribution is 5.86. The maximum absolute atomic E-state index is 13.3. The van der Waals surface area contributed by atoms with Crippen molar-refractivity contribution in [1.29, 1.82) is 0 Å². The van der Waals surface area contributed by atoms with Crippen LogP contribution in [-0.2, 0) is 41.6 Å². The van der Waals surface area contributed by atoms with Gasteiger partial charge in [0.25, 0.3) is 0 Å². The molecule has 2 aromatic rings. The zero-order valence-corrected chi connectivity index (χ0v) is 23.5. The molecule has 0 saturated carbocycles. The number of rotatable bonds is 13. The third-order valence-electron chi connectivity index (χ3n) is 6.74. The quantitative estimate of drug-likeness (QED) is 0.194. The molecule has 9 heteroatoms. The van der Waals surface area contributed by atoms with Crippen molar-refractivity contribution in [2.45, 2.75) is 44.8 Å². The van der Waals surface area contributed by atoms with Crippen molar-refractivity contribution in [2.75, 3.05) is 39.6 Å². The van der Waals surface area contributed by atoms with Crippen LogP contribution in [0.2, 0.25) is 0 Å². The number of aliphatic hydroxyl groups excluding tert-OH is 1. The lowest BCUT2D eigenvalue weighted by Gasteiger charge is -2.23. The number of carbonyl (C=O) groups is 3. The van der Waals surface area contributed by atoms with E-state index in [1.54, 1.807) is 0 Å². The van der Waals surface area contributed by atoms with Crippen LogP contribution in [0.3, 0.4) is 0 Å². The molecule has 1 heterocycles. The second-order valence-corrected chi connectivity index (χ2v) is 10.1. The van der Waals surface area contributed by atoms with E-state index in [4.69, 9.17) is 19.3 Å². The molecule has 222 valence electrons. The van der Waals surface area contributed by atoms with Crippen molar-refractivity contribution < 1.29 is 33.7 Å². The van der Waals surface area contributed by atoms with Crippen molar-refractivity contribution in [3.63, 3.8) is 0 Å². The Morgan fingerprint density at radius 2 is 1.68 bits per heavy atom. The van der Waals surface area contributed by atoms with Gasteiger partial charge in [-0.15, -0.1) is 0 Å². The number of hydrogen-bond donors (Lipinski definition) is 3. The summed E-state index contributed by atoms with van der Waals surface area (Å²) in [6.45, 7) is 1.16. The van der Waals surface area contributed by atoms with Crippen LogP contribution in [0.4, 0.5) is 0 Å². The fraction of sp³-hybridized carbons (Fsp3) is 0.469. The smallest absolute Gasteiger partial charge is 0.309 e. The molecule has 1 aliphatic rings. The van der Waals surface area contributed by atoms with Gasteiger partial charge in [0.05, 0.1) is 50.9 Å². The molecule has 0 bridgehead atoms. The Bertz CT molecular complexity index is 1080. The average molecular weight is 567 g/mol. The van der Waals surface area contributed by atoms with Crippen LogP contribution >= 0.6 is 0 Å². The first-order valence-corrected chi connectivity index (χ1v) is 14.3. The molecular weight excluding hydrogens is 524 g/mol. The molecule has 0 spiro atoms. The molecule has 3 atom stereocenters. The molecule has 2 amide bonds. The Labute approximate surface area is 242 Å². The van der Waals surface area contributed by atoms with Gasteiger partial charge in [-0.25, -0.2) is 0 Å². The highest BCUT2D eigenvalue weighted by Crippen LogP contribution is 2.19. The number of amides is 2. The number of aliphatic hydroxyl groups is 1. The first-order valence-electron chi connectivity index (χ1n) is 14.3. The summed E-state index contributed by atoms with van der Waals surface area (Å²) in [5.41, 5.74) is 2.05. The van der Waals surface area contributed by atoms with Gasteiger partial charge >= 0.3 is 5.97 Å². The molecule has 9 nitrogen and oxygen atoms in total. The molecule has 0 fully saturated rings. The molecule has 1 aliphatic heterocycles. The molecule has 0 aromatic heterocycles. The Hall–Kier alpha value is -3.53. The van der Waals surface area contributed by atoms with Crippen LogP contribution in [0.15, 0.2) is 72.8 Å². The standard InChI is InChI=1S/C32H42N2O7/c35-17-19-39-18-16-33-30(36)21-27-14-8-3-9-15-28(20-25-10-4-1-5-11-25)32(38)41-24-29(34-31(27)37)23-40-22-26-12-6-2-7-13-26/h1-8,10-13,27-29,35H,9,14-24H2,(H,33,36)(H,34,37)/t27-,28-,29+/m1/s1. The zero-order chi connectivity index (χ0) is 29.1. The molecular formula is C32H42N2O7. The minimum absolute atomic E-state index is 0.00415. The van der Waals surface area contributed by atoms with Gasteiger partial charge in [0.15, 0.2) is 0 Å². The average Bonchev–Trinajstić information content (AvgIpc) is 2.99. The van der Waals surface area contributed by atoms with Gasteiger partial charge in [-0.3, -0.25) is 14.4 Å². The summed E-state index contributed by atoms with van der Waals surface area (Å²) < 4.78 is 16.8. The van der Waals surface area contributed by atoms with Gasteiger partial charge in [-0.1, -0.05) is 72.8 Å². The van der Waals surface area contributed by atoms with Gasteiger partial charge in [-0.05, 0) is 36.8 Å². The van der Waals surface area contributed by atoms with Crippen LogP contribution in [0.1, 0.15) is 36.8 Å². The second kappa shape index (κ2) is 18.7. The number of ether oxygens (including phenoxy) is 3. The van der Waals surface area contributed by atoms with E-state index in [0.29, 0.717) is 32.3 Å². The molecule has 41 heavy (non-hydrogen) atoms. The number of nitrogens with one attached hydrogen (secondary N) is 2. The summed E-state index contributed by atoms with van der Waals surface area (Å²) >= 11 is 0. The fourth-order valence-electron chi connectivity index (χ4n) is 4.53. The molecule has 0 aliphatic carbocycles. The number of benzene rings is 2. The van der Waals surface area contributed by atoms with E-state index in [1.807, 2.05) is 72.8 Å².